The average molecular weight is 334 g/mol. The van der Waals surface area contributed by atoms with Gasteiger partial charge < -0.3 is 10.2 Å². The summed E-state index contributed by atoms with van der Waals surface area (Å²) in [6.45, 7) is 2.65. The van der Waals surface area contributed by atoms with Gasteiger partial charge >= 0.3 is 0 Å². The lowest BCUT2D eigenvalue weighted by atomic mass is 10.1. The zero-order valence-electron chi connectivity index (χ0n) is 14.2. The van der Waals surface area contributed by atoms with Gasteiger partial charge in [-0.1, -0.05) is 12.1 Å². The summed E-state index contributed by atoms with van der Waals surface area (Å²) in [4.78, 5) is 18.8. The van der Waals surface area contributed by atoms with Gasteiger partial charge in [0.2, 0.25) is 5.91 Å². The van der Waals surface area contributed by atoms with Crippen molar-refractivity contribution in [3.63, 3.8) is 0 Å². The molecule has 1 aliphatic heterocycles. The fourth-order valence-corrected chi connectivity index (χ4v) is 2.98. The van der Waals surface area contributed by atoms with Crippen molar-refractivity contribution < 1.29 is 4.79 Å². The molecular formula is C20H22N4O. The lowest BCUT2D eigenvalue weighted by Gasteiger charge is -2.17. The van der Waals surface area contributed by atoms with Crippen LogP contribution in [0.5, 0.6) is 0 Å². The Labute approximate surface area is 148 Å². The smallest absolute Gasteiger partial charge is 0.220 e. The summed E-state index contributed by atoms with van der Waals surface area (Å²) < 4.78 is 0. The molecule has 0 atom stereocenters. The summed E-state index contributed by atoms with van der Waals surface area (Å²) in [5, 5.41) is 11.8. The maximum Gasteiger partial charge on any atom is 0.220 e. The zero-order valence-corrected chi connectivity index (χ0v) is 14.2. The predicted molar refractivity (Wildman–Crippen MR) is 97.0 cm³/mol. The highest BCUT2D eigenvalue weighted by Crippen LogP contribution is 2.18. The third kappa shape index (κ3) is 4.80. The second kappa shape index (κ2) is 8.29. The number of aromatic nitrogens is 1. The summed E-state index contributed by atoms with van der Waals surface area (Å²) in [6, 6.07) is 13.5. The van der Waals surface area contributed by atoms with Crippen molar-refractivity contribution in [2.24, 2.45) is 0 Å². The van der Waals surface area contributed by atoms with Crippen LogP contribution < -0.4 is 10.2 Å². The minimum Gasteiger partial charge on any atom is -0.357 e. The number of rotatable bonds is 6. The Hall–Kier alpha value is -2.87. The Balaban J connectivity index is 1.47. The van der Waals surface area contributed by atoms with Gasteiger partial charge in [0.1, 0.15) is 5.82 Å². The molecule has 1 N–H and O–H groups in total. The largest absolute Gasteiger partial charge is 0.357 e. The summed E-state index contributed by atoms with van der Waals surface area (Å²) >= 11 is 0. The summed E-state index contributed by atoms with van der Waals surface area (Å²) in [7, 11) is 0. The Morgan fingerprint density at radius 2 is 1.92 bits per heavy atom. The minimum absolute atomic E-state index is 0.0314. The van der Waals surface area contributed by atoms with Crippen molar-refractivity contribution in [2.75, 3.05) is 18.0 Å². The lowest BCUT2D eigenvalue weighted by molar-refractivity contribution is -0.121. The van der Waals surface area contributed by atoms with Gasteiger partial charge in [-0.25, -0.2) is 4.98 Å². The fraction of sp³-hybridized carbons (Fsp3) is 0.350. The lowest BCUT2D eigenvalue weighted by Crippen LogP contribution is -2.24. The molecule has 2 heterocycles. The third-order valence-electron chi connectivity index (χ3n) is 4.45. The van der Waals surface area contributed by atoms with Gasteiger partial charge in [0, 0.05) is 32.3 Å². The molecule has 1 saturated heterocycles. The molecule has 0 spiro atoms. The van der Waals surface area contributed by atoms with Gasteiger partial charge in [0.15, 0.2) is 0 Å². The molecule has 0 unspecified atom stereocenters. The summed E-state index contributed by atoms with van der Waals surface area (Å²) in [5.74, 6) is 1.03. The molecule has 2 aromatic rings. The van der Waals surface area contributed by atoms with Crippen molar-refractivity contribution in [1.29, 1.82) is 5.26 Å². The van der Waals surface area contributed by atoms with Crippen LogP contribution in [-0.4, -0.2) is 24.0 Å². The van der Waals surface area contributed by atoms with Crippen LogP contribution in [0, 0.1) is 11.3 Å². The zero-order chi connectivity index (χ0) is 17.5. The molecule has 0 bridgehead atoms. The molecular weight excluding hydrogens is 312 g/mol. The number of nitrogens with one attached hydrogen (secondary N) is 1. The van der Waals surface area contributed by atoms with E-state index in [1.54, 1.807) is 12.1 Å². The Bertz CT molecular complexity index is 758. The highest BCUT2D eigenvalue weighted by Gasteiger charge is 2.13. The second-order valence-electron chi connectivity index (χ2n) is 6.30. The normalized spacial score (nSPS) is 13.5. The molecule has 25 heavy (non-hydrogen) atoms. The fourth-order valence-electron chi connectivity index (χ4n) is 2.98. The number of hydrogen-bond donors (Lipinski definition) is 1. The van der Waals surface area contributed by atoms with Crippen LogP contribution in [0.25, 0.3) is 0 Å². The first-order chi connectivity index (χ1) is 12.2. The van der Waals surface area contributed by atoms with E-state index >= 15 is 0 Å². The van der Waals surface area contributed by atoms with Crippen molar-refractivity contribution in [3.05, 3.63) is 59.3 Å². The van der Waals surface area contributed by atoms with Gasteiger partial charge in [0.05, 0.1) is 11.6 Å². The highest BCUT2D eigenvalue weighted by atomic mass is 16.1. The van der Waals surface area contributed by atoms with E-state index in [-0.39, 0.29) is 5.91 Å². The first-order valence-corrected chi connectivity index (χ1v) is 8.70. The van der Waals surface area contributed by atoms with E-state index in [1.165, 1.54) is 12.8 Å². The molecule has 1 aromatic carbocycles. The Morgan fingerprint density at radius 3 is 2.64 bits per heavy atom. The van der Waals surface area contributed by atoms with Gasteiger partial charge in [-0.3, -0.25) is 4.79 Å². The third-order valence-corrected chi connectivity index (χ3v) is 4.45. The number of nitrogens with zero attached hydrogens (tertiary/aromatic N) is 3. The number of carbonyl (C=O) groups is 1. The standard InChI is InChI=1S/C20H22N4O/c21-14-17-5-3-16(4-6-17)7-8-20(25)23-15-18-9-10-22-19(13-18)24-11-1-2-12-24/h3-6,9-10,13H,1-2,7-8,11-12,15H2,(H,23,25). The van der Waals surface area contributed by atoms with Crippen LogP contribution in [0.2, 0.25) is 0 Å². The van der Waals surface area contributed by atoms with Gasteiger partial charge in [-0.05, 0) is 54.7 Å². The Kier molecular flexibility index (Phi) is 5.63. The monoisotopic (exact) mass is 334 g/mol. The summed E-state index contributed by atoms with van der Waals surface area (Å²) in [5.41, 5.74) is 2.78. The summed E-state index contributed by atoms with van der Waals surface area (Å²) in [6.07, 6.45) is 5.37. The molecule has 3 rings (SSSR count). The highest BCUT2D eigenvalue weighted by molar-refractivity contribution is 5.76. The van der Waals surface area contributed by atoms with E-state index in [9.17, 15) is 4.79 Å². The van der Waals surface area contributed by atoms with E-state index in [4.69, 9.17) is 5.26 Å². The molecule has 0 radical (unpaired) electrons. The van der Waals surface area contributed by atoms with E-state index < -0.39 is 0 Å². The van der Waals surface area contributed by atoms with Crippen LogP contribution in [0.3, 0.4) is 0 Å². The number of nitriles is 1. The topological polar surface area (TPSA) is 69.0 Å². The van der Waals surface area contributed by atoms with Gasteiger partial charge in [-0.2, -0.15) is 5.26 Å². The molecule has 1 amide bonds. The quantitative estimate of drug-likeness (QED) is 0.882. The maximum atomic E-state index is 12.1. The van der Waals surface area contributed by atoms with Crippen molar-refractivity contribution >= 4 is 11.7 Å². The number of pyridine rings is 1. The maximum absolute atomic E-state index is 12.1. The van der Waals surface area contributed by atoms with E-state index in [0.717, 1.165) is 30.0 Å². The van der Waals surface area contributed by atoms with Gasteiger partial charge in [0.25, 0.3) is 0 Å². The van der Waals surface area contributed by atoms with Crippen LogP contribution in [-0.2, 0) is 17.8 Å². The Morgan fingerprint density at radius 1 is 1.16 bits per heavy atom. The molecule has 0 aliphatic carbocycles. The average Bonchev–Trinajstić information content (AvgIpc) is 3.20. The second-order valence-corrected chi connectivity index (χ2v) is 6.30. The number of amides is 1. The molecule has 1 fully saturated rings. The molecule has 128 valence electrons. The number of carbonyl (C=O) groups excluding carboxylic acids is 1. The molecule has 1 aromatic heterocycles. The number of aryl methyl sites for hydroxylation is 1. The van der Waals surface area contributed by atoms with E-state index in [0.29, 0.717) is 24.9 Å². The molecule has 1 aliphatic rings. The van der Waals surface area contributed by atoms with Crippen LogP contribution in [0.1, 0.15) is 36.0 Å². The molecule has 5 nitrogen and oxygen atoms in total. The number of benzene rings is 1. The van der Waals surface area contributed by atoms with Crippen molar-refractivity contribution in [2.45, 2.75) is 32.2 Å². The van der Waals surface area contributed by atoms with Crippen LogP contribution >= 0.6 is 0 Å². The van der Waals surface area contributed by atoms with Crippen LogP contribution in [0.4, 0.5) is 5.82 Å². The first-order valence-electron chi connectivity index (χ1n) is 8.70. The van der Waals surface area contributed by atoms with E-state index in [2.05, 4.69) is 27.3 Å². The van der Waals surface area contributed by atoms with Crippen LogP contribution in [0.15, 0.2) is 42.6 Å². The predicted octanol–water partition coefficient (Wildman–Crippen LogP) is 2.80. The van der Waals surface area contributed by atoms with Crippen molar-refractivity contribution in [1.82, 2.24) is 10.3 Å². The van der Waals surface area contributed by atoms with Gasteiger partial charge in [-0.15, -0.1) is 0 Å². The molecule has 5 heteroatoms. The SMILES string of the molecule is N#Cc1ccc(CCC(=O)NCc2ccnc(N3CCCC3)c2)cc1. The van der Waals surface area contributed by atoms with Crippen molar-refractivity contribution in [3.8, 4) is 6.07 Å². The number of hydrogen-bond acceptors (Lipinski definition) is 4. The van der Waals surface area contributed by atoms with E-state index in [1.807, 2.05) is 24.4 Å². The molecule has 0 saturated carbocycles. The first kappa shape index (κ1) is 17.0. The number of anilines is 1. The minimum atomic E-state index is 0.0314.